The van der Waals surface area contributed by atoms with Gasteiger partial charge in [-0.05, 0) is 48.2 Å². The van der Waals surface area contributed by atoms with Gasteiger partial charge in [0.05, 0.1) is 11.2 Å². The normalized spacial score (nSPS) is 17.0. The molecular formula is C22H22N6O. The zero-order valence-corrected chi connectivity index (χ0v) is 16.1. The van der Waals surface area contributed by atoms with Crippen LogP contribution in [0.4, 0.5) is 0 Å². The number of amidine groups is 1. The van der Waals surface area contributed by atoms with Gasteiger partial charge >= 0.3 is 0 Å². The average molecular weight is 386 g/mol. The molecular weight excluding hydrogens is 364 g/mol. The Bertz CT molecular complexity index is 1160. The summed E-state index contributed by atoms with van der Waals surface area (Å²) in [5, 5.41) is 3.69. The van der Waals surface area contributed by atoms with Crippen molar-refractivity contribution in [3.05, 3.63) is 77.6 Å². The zero-order valence-electron chi connectivity index (χ0n) is 16.1. The molecule has 0 radical (unpaired) electrons. The summed E-state index contributed by atoms with van der Waals surface area (Å²) in [6.45, 7) is 0. The molecule has 29 heavy (non-hydrogen) atoms. The van der Waals surface area contributed by atoms with Crippen LogP contribution in [0.25, 0.3) is 16.8 Å². The molecule has 1 aromatic heterocycles. The Hall–Kier alpha value is -3.58. The van der Waals surface area contributed by atoms with Gasteiger partial charge in [0, 0.05) is 24.4 Å². The molecule has 0 saturated heterocycles. The van der Waals surface area contributed by atoms with Crippen LogP contribution in [0.3, 0.4) is 0 Å². The van der Waals surface area contributed by atoms with Crippen LogP contribution in [0.5, 0.6) is 0 Å². The summed E-state index contributed by atoms with van der Waals surface area (Å²) in [5.41, 5.74) is 8.12. The van der Waals surface area contributed by atoms with Crippen LogP contribution >= 0.6 is 0 Å². The van der Waals surface area contributed by atoms with E-state index in [1.165, 1.54) is 5.56 Å². The summed E-state index contributed by atoms with van der Waals surface area (Å²) < 4.78 is 2.00. The fraction of sp³-hybridized carbons (Fsp3) is 0.182. The van der Waals surface area contributed by atoms with Crippen LogP contribution in [-0.2, 0) is 5.54 Å². The van der Waals surface area contributed by atoms with Crippen molar-refractivity contribution in [1.82, 2.24) is 14.9 Å². The van der Waals surface area contributed by atoms with E-state index in [9.17, 15) is 4.79 Å². The Morgan fingerprint density at radius 2 is 1.90 bits per heavy atom. The van der Waals surface area contributed by atoms with Crippen molar-refractivity contribution in [2.45, 2.75) is 18.4 Å². The van der Waals surface area contributed by atoms with Crippen molar-refractivity contribution in [2.24, 2.45) is 16.8 Å². The Morgan fingerprint density at radius 3 is 2.62 bits per heavy atom. The maximum Gasteiger partial charge on any atom is 0.271 e. The van der Waals surface area contributed by atoms with Gasteiger partial charge in [-0.25, -0.2) is 5.84 Å². The molecule has 7 heteroatoms. The van der Waals surface area contributed by atoms with E-state index in [2.05, 4.69) is 28.7 Å². The predicted molar refractivity (Wildman–Crippen MR) is 112 cm³/mol. The molecule has 2 heterocycles. The van der Waals surface area contributed by atoms with Crippen LogP contribution in [0.2, 0.25) is 0 Å². The van der Waals surface area contributed by atoms with Crippen LogP contribution in [0, 0.1) is 0 Å². The molecule has 1 amide bonds. The first-order valence-electron chi connectivity index (χ1n) is 9.55. The molecule has 2 aromatic carbocycles. The number of hydrogen-bond donors (Lipinski definition) is 3. The molecule has 1 aliphatic heterocycles. The first-order valence-corrected chi connectivity index (χ1v) is 9.55. The van der Waals surface area contributed by atoms with Crippen molar-refractivity contribution in [2.75, 3.05) is 7.05 Å². The summed E-state index contributed by atoms with van der Waals surface area (Å²) in [4.78, 5) is 14.9. The number of nitrogens with two attached hydrogens (primary N) is 2. The van der Waals surface area contributed by atoms with E-state index in [0.717, 1.165) is 35.2 Å². The second-order valence-electron chi connectivity index (χ2n) is 7.59. The van der Waals surface area contributed by atoms with E-state index in [-0.39, 0.29) is 11.4 Å². The number of amides is 1. The van der Waals surface area contributed by atoms with E-state index in [1.54, 1.807) is 0 Å². The van der Waals surface area contributed by atoms with Gasteiger partial charge in [0.25, 0.3) is 5.91 Å². The van der Waals surface area contributed by atoms with Crippen LogP contribution in [0.15, 0.2) is 65.9 Å². The topological polar surface area (TPSA) is 102 Å². The molecule has 3 aromatic rings. The van der Waals surface area contributed by atoms with Gasteiger partial charge in [-0.3, -0.25) is 4.79 Å². The summed E-state index contributed by atoms with van der Waals surface area (Å²) in [5.74, 6) is 11.4. The Balaban J connectivity index is 1.68. The smallest absolute Gasteiger partial charge is 0.271 e. The van der Waals surface area contributed by atoms with Crippen LogP contribution in [0.1, 0.15) is 34.5 Å². The zero-order chi connectivity index (χ0) is 20.2. The molecule has 2 aliphatic rings. The highest BCUT2D eigenvalue weighted by Crippen LogP contribution is 2.54. The number of rotatable bonds is 2. The summed E-state index contributed by atoms with van der Waals surface area (Å²) >= 11 is 0. The minimum atomic E-state index is -0.200. The SMILES string of the molecule is CN1C(=O)c2cccn2-c2cc(-c3cccc(/C(=N/N)NN)c3)ccc2C12CC2. The number of hydrazine groups is 1. The number of aromatic nitrogens is 1. The molecule has 146 valence electrons. The minimum absolute atomic E-state index is 0.0602. The molecule has 5 rings (SSSR count). The number of fused-ring (bicyclic) bond motifs is 4. The number of carbonyl (C=O) groups excluding carboxylic acids is 1. The Morgan fingerprint density at radius 1 is 1.10 bits per heavy atom. The lowest BCUT2D eigenvalue weighted by atomic mass is 9.95. The first-order chi connectivity index (χ1) is 14.1. The molecule has 1 aliphatic carbocycles. The third kappa shape index (κ3) is 2.48. The lowest BCUT2D eigenvalue weighted by Crippen LogP contribution is -2.36. The third-order valence-corrected chi connectivity index (χ3v) is 6.13. The summed E-state index contributed by atoms with van der Waals surface area (Å²) in [7, 11) is 1.91. The van der Waals surface area contributed by atoms with Gasteiger partial charge in [-0.1, -0.05) is 30.3 Å². The number of hydrogen-bond acceptors (Lipinski definition) is 4. The molecule has 0 unspecified atom stereocenters. The van der Waals surface area contributed by atoms with Gasteiger partial charge in [-0.15, -0.1) is 0 Å². The molecule has 1 spiro atoms. The number of nitrogens with zero attached hydrogens (tertiary/aromatic N) is 3. The molecule has 7 nitrogen and oxygen atoms in total. The average Bonchev–Trinajstić information content (AvgIpc) is 3.43. The minimum Gasteiger partial charge on any atom is -0.331 e. The van der Waals surface area contributed by atoms with Gasteiger partial charge in [0.15, 0.2) is 5.84 Å². The maximum atomic E-state index is 13.0. The highest BCUT2D eigenvalue weighted by molar-refractivity contribution is 5.99. The largest absolute Gasteiger partial charge is 0.331 e. The lowest BCUT2D eigenvalue weighted by Gasteiger charge is -2.27. The Kier molecular flexibility index (Phi) is 3.75. The molecule has 0 bridgehead atoms. The number of hydrazone groups is 1. The van der Waals surface area contributed by atoms with Crippen molar-refractivity contribution in [3.63, 3.8) is 0 Å². The summed E-state index contributed by atoms with van der Waals surface area (Å²) in [6, 6.07) is 18.1. The second-order valence-corrected chi connectivity index (χ2v) is 7.59. The van der Waals surface area contributed by atoms with E-state index < -0.39 is 0 Å². The lowest BCUT2D eigenvalue weighted by molar-refractivity contribution is 0.0705. The van der Waals surface area contributed by atoms with Gasteiger partial charge in [-0.2, -0.15) is 5.10 Å². The van der Waals surface area contributed by atoms with Gasteiger partial charge in [0.1, 0.15) is 5.69 Å². The third-order valence-electron chi connectivity index (χ3n) is 6.13. The van der Waals surface area contributed by atoms with Crippen molar-refractivity contribution in [1.29, 1.82) is 0 Å². The maximum absolute atomic E-state index is 13.0. The highest BCUT2D eigenvalue weighted by Gasteiger charge is 2.53. The quantitative estimate of drug-likeness (QED) is 0.272. The van der Waals surface area contributed by atoms with Crippen molar-refractivity contribution >= 4 is 11.7 Å². The van der Waals surface area contributed by atoms with Crippen LogP contribution < -0.4 is 17.1 Å². The summed E-state index contributed by atoms with van der Waals surface area (Å²) in [6.07, 6.45) is 3.93. The van der Waals surface area contributed by atoms with Crippen molar-refractivity contribution in [3.8, 4) is 16.8 Å². The van der Waals surface area contributed by atoms with E-state index >= 15 is 0 Å². The van der Waals surface area contributed by atoms with Crippen molar-refractivity contribution < 1.29 is 4.79 Å². The van der Waals surface area contributed by atoms with Gasteiger partial charge in [0.2, 0.25) is 0 Å². The van der Waals surface area contributed by atoms with Gasteiger partial charge < -0.3 is 20.7 Å². The monoisotopic (exact) mass is 386 g/mol. The van der Waals surface area contributed by atoms with E-state index in [1.807, 2.05) is 59.1 Å². The fourth-order valence-corrected chi connectivity index (χ4v) is 4.38. The standard InChI is InChI=1S/C22H22N6O/c1-27-21(29)18-6-3-11-28(18)19-13-15(7-8-17(19)22(27)9-10-22)14-4-2-5-16(12-14)20(25-23)26-24/h2-8,11-13H,9-10,23-24H2,1H3,(H,25,26). The molecule has 1 saturated carbocycles. The molecule has 5 N–H and O–H groups in total. The number of carbonyl (C=O) groups is 1. The number of benzene rings is 2. The van der Waals surface area contributed by atoms with Crippen LogP contribution in [-0.4, -0.2) is 28.3 Å². The van der Waals surface area contributed by atoms with E-state index in [0.29, 0.717) is 11.5 Å². The second kappa shape index (κ2) is 6.22. The fourth-order valence-electron chi connectivity index (χ4n) is 4.38. The first kappa shape index (κ1) is 17.5. The van der Waals surface area contributed by atoms with E-state index in [4.69, 9.17) is 11.7 Å². The Labute approximate surface area is 168 Å². The highest BCUT2D eigenvalue weighted by atomic mass is 16.2. The molecule has 0 atom stereocenters. The predicted octanol–water partition coefficient (Wildman–Crippen LogP) is 2.30. The number of nitrogens with one attached hydrogen (secondary N) is 1. The molecule has 1 fully saturated rings.